The third kappa shape index (κ3) is 13.5. The van der Waals surface area contributed by atoms with Crippen molar-refractivity contribution in [1.82, 2.24) is 0 Å². The number of rotatable bonds is 11. The second-order valence-electron chi connectivity index (χ2n) is 4.05. The lowest BCUT2D eigenvalue weighted by Gasteiger charge is -2.04. The molecule has 102 valence electrons. The number of ether oxygens (including phenoxy) is 2. The minimum absolute atomic E-state index is 0.376. The van der Waals surface area contributed by atoms with Crippen LogP contribution < -0.4 is 0 Å². The quantitative estimate of drug-likeness (QED) is 0.313. The first-order valence-electron chi connectivity index (χ1n) is 6.66. The topological polar surface area (TPSA) is 35.5 Å². The molecule has 0 N–H and O–H groups in total. The largest absolute Gasteiger partial charge is 0.508 e. The van der Waals surface area contributed by atoms with E-state index in [0.717, 1.165) is 25.1 Å². The fourth-order valence-corrected chi connectivity index (χ4v) is 1.76. The Morgan fingerprint density at radius 3 is 1.94 bits per heavy atom. The van der Waals surface area contributed by atoms with Crippen molar-refractivity contribution >= 4 is 17.8 Å². The summed E-state index contributed by atoms with van der Waals surface area (Å²) in [5, 5.41) is 0. The maximum atomic E-state index is 10.8. The molecule has 3 nitrogen and oxygen atoms in total. The van der Waals surface area contributed by atoms with Crippen LogP contribution in [0.15, 0.2) is 0 Å². The maximum absolute atomic E-state index is 10.8. The molecule has 0 aliphatic rings. The van der Waals surface area contributed by atoms with Gasteiger partial charge in [-0.15, -0.1) is 11.6 Å². The molecule has 0 bridgehead atoms. The van der Waals surface area contributed by atoms with E-state index in [0.29, 0.717) is 13.2 Å². The van der Waals surface area contributed by atoms with Gasteiger partial charge in [0.05, 0.1) is 13.2 Å². The molecule has 0 aromatic heterocycles. The third-order valence-electron chi connectivity index (χ3n) is 2.51. The average molecular weight is 265 g/mol. The summed E-state index contributed by atoms with van der Waals surface area (Å²) in [5.41, 5.74) is 0. The Kier molecular flexibility index (Phi) is 13.3. The molecule has 0 unspecified atom stereocenters. The predicted octanol–water partition coefficient (Wildman–Crippen LogP) is 4.52. The van der Waals surface area contributed by atoms with Crippen LogP contribution in [0.5, 0.6) is 0 Å². The fourth-order valence-electron chi connectivity index (χ4n) is 1.57. The molecule has 0 saturated heterocycles. The summed E-state index contributed by atoms with van der Waals surface area (Å²) >= 11 is 5.60. The molecular weight excluding hydrogens is 240 g/mol. The van der Waals surface area contributed by atoms with Crippen LogP contribution in [0.4, 0.5) is 4.79 Å². The van der Waals surface area contributed by atoms with Gasteiger partial charge in [0.25, 0.3) is 0 Å². The van der Waals surface area contributed by atoms with Crippen LogP contribution in [0.1, 0.15) is 58.3 Å². The highest BCUT2D eigenvalue weighted by molar-refractivity contribution is 6.17. The van der Waals surface area contributed by atoms with E-state index in [1.165, 1.54) is 32.1 Å². The van der Waals surface area contributed by atoms with Crippen molar-refractivity contribution in [3.8, 4) is 0 Å². The minimum Gasteiger partial charge on any atom is -0.435 e. The minimum atomic E-state index is -0.548. The summed E-state index contributed by atoms with van der Waals surface area (Å²) in [4.78, 5) is 10.8. The van der Waals surface area contributed by atoms with Crippen LogP contribution >= 0.6 is 11.6 Å². The Bertz CT molecular complexity index is 174. The third-order valence-corrected chi connectivity index (χ3v) is 2.78. The second kappa shape index (κ2) is 13.6. The lowest BCUT2D eigenvalue weighted by atomic mass is 10.1. The molecule has 0 amide bonds. The molecular formula is C13H25ClO3. The van der Waals surface area contributed by atoms with Gasteiger partial charge in [-0.3, -0.25) is 0 Å². The number of halogens is 1. The lowest BCUT2D eigenvalue weighted by molar-refractivity contribution is 0.0578. The van der Waals surface area contributed by atoms with Gasteiger partial charge in [-0.05, 0) is 19.8 Å². The highest BCUT2D eigenvalue weighted by atomic mass is 35.5. The number of hydrogen-bond acceptors (Lipinski definition) is 3. The SMILES string of the molecule is CCOC(=O)OCCCCCCCCCCCl. The van der Waals surface area contributed by atoms with Crippen LogP contribution in [0, 0.1) is 0 Å². The smallest absolute Gasteiger partial charge is 0.435 e. The van der Waals surface area contributed by atoms with Crippen molar-refractivity contribution in [1.29, 1.82) is 0 Å². The second-order valence-corrected chi connectivity index (χ2v) is 4.43. The highest BCUT2D eigenvalue weighted by Crippen LogP contribution is 2.09. The number of carbonyl (C=O) groups excluding carboxylic acids is 1. The van der Waals surface area contributed by atoms with E-state index in [1.807, 2.05) is 0 Å². The van der Waals surface area contributed by atoms with Gasteiger partial charge in [0.1, 0.15) is 0 Å². The Balaban J connectivity index is 3.01. The Hall–Kier alpha value is -0.440. The van der Waals surface area contributed by atoms with Gasteiger partial charge in [0.2, 0.25) is 0 Å². The normalized spacial score (nSPS) is 10.2. The molecule has 17 heavy (non-hydrogen) atoms. The van der Waals surface area contributed by atoms with Crippen molar-refractivity contribution in [2.45, 2.75) is 58.3 Å². The molecule has 0 atom stereocenters. The Labute approximate surface area is 110 Å². The molecule has 0 aromatic carbocycles. The van der Waals surface area contributed by atoms with E-state index in [-0.39, 0.29) is 0 Å². The van der Waals surface area contributed by atoms with E-state index in [9.17, 15) is 4.79 Å². The van der Waals surface area contributed by atoms with Crippen molar-refractivity contribution < 1.29 is 14.3 Å². The first kappa shape index (κ1) is 16.6. The van der Waals surface area contributed by atoms with Crippen molar-refractivity contribution in [3.05, 3.63) is 0 Å². The maximum Gasteiger partial charge on any atom is 0.508 e. The monoisotopic (exact) mass is 264 g/mol. The van der Waals surface area contributed by atoms with Crippen molar-refractivity contribution in [2.24, 2.45) is 0 Å². The number of alkyl halides is 1. The van der Waals surface area contributed by atoms with Gasteiger partial charge in [-0.2, -0.15) is 0 Å². The van der Waals surface area contributed by atoms with E-state index >= 15 is 0 Å². The lowest BCUT2D eigenvalue weighted by Crippen LogP contribution is -2.07. The summed E-state index contributed by atoms with van der Waals surface area (Å²) in [7, 11) is 0. The first-order valence-corrected chi connectivity index (χ1v) is 7.20. The molecule has 0 fully saturated rings. The number of carbonyl (C=O) groups is 1. The number of hydrogen-bond donors (Lipinski definition) is 0. The summed E-state index contributed by atoms with van der Waals surface area (Å²) < 4.78 is 9.52. The average Bonchev–Trinajstić information content (AvgIpc) is 2.32. The fraction of sp³-hybridized carbons (Fsp3) is 0.923. The van der Waals surface area contributed by atoms with Gasteiger partial charge in [-0.25, -0.2) is 4.79 Å². The molecule has 0 aliphatic heterocycles. The Morgan fingerprint density at radius 2 is 1.41 bits per heavy atom. The molecule has 0 aromatic rings. The molecule has 0 radical (unpaired) electrons. The van der Waals surface area contributed by atoms with E-state index in [2.05, 4.69) is 4.74 Å². The van der Waals surface area contributed by atoms with Crippen molar-refractivity contribution in [3.63, 3.8) is 0 Å². The standard InChI is InChI=1S/C13H25ClO3/c1-2-16-13(15)17-12-10-8-6-4-3-5-7-9-11-14/h2-12H2,1H3. The highest BCUT2D eigenvalue weighted by Gasteiger charge is 2.00. The molecule has 0 spiro atoms. The van der Waals surface area contributed by atoms with Crippen LogP contribution in [0.2, 0.25) is 0 Å². The molecule has 0 aliphatic carbocycles. The number of unbranched alkanes of at least 4 members (excludes halogenated alkanes) is 7. The molecule has 4 heteroatoms. The van der Waals surface area contributed by atoms with Gasteiger partial charge in [0.15, 0.2) is 0 Å². The van der Waals surface area contributed by atoms with Gasteiger partial charge in [0, 0.05) is 5.88 Å². The van der Waals surface area contributed by atoms with Crippen LogP contribution in [0.25, 0.3) is 0 Å². The van der Waals surface area contributed by atoms with E-state index in [1.54, 1.807) is 6.92 Å². The first-order chi connectivity index (χ1) is 8.31. The summed E-state index contributed by atoms with van der Waals surface area (Å²) in [6.07, 6.45) is 8.93. The molecule has 0 saturated carbocycles. The predicted molar refractivity (Wildman–Crippen MR) is 70.6 cm³/mol. The summed E-state index contributed by atoms with van der Waals surface area (Å²) in [6.45, 7) is 2.62. The van der Waals surface area contributed by atoms with Crippen LogP contribution in [-0.2, 0) is 9.47 Å². The molecule has 0 rings (SSSR count). The van der Waals surface area contributed by atoms with E-state index < -0.39 is 6.16 Å². The van der Waals surface area contributed by atoms with Gasteiger partial charge >= 0.3 is 6.16 Å². The molecule has 0 heterocycles. The van der Waals surface area contributed by atoms with Crippen molar-refractivity contribution in [2.75, 3.05) is 19.1 Å². The van der Waals surface area contributed by atoms with E-state index in [4.69, 9.17) is 16.3 Å². The van der Waals surface area contributed by atoms with Gasteiger partial charge in [-0.1, -0.05) is 38.5 Å². The zero-order valence-corrected chi connectivity index (χ0v) is 11.6. The summed E-state index contributed by atoms with van der Waals surface area (Å²) in [5.74, 6) is 0.783. The van der Waals surface area contributed by atoms with Crippen LogP contribution in [-0.4, -0.2) is 25.2 Å². The zero-order valence-electron chi connectivity index (χ0n) is 10.9. The van der Waals surface area contributed by atoms with Crippen LogP contribution in [0.3, 0.4) is 0 Å². The summed E-state index contributed by atoms with van der Waals surface area (Å²) in [6, 6.07) is 0. The zero-order chi connectivity index (χ0) is 12.8. The Morgan fingerprint density at radius 1 is 0.882 bits per heavy atom. The van der Waals surface area contributed by atoms with Gasteiger partial charge < -0.3 is 9.47 Å².